The fourth-order valence-electron chi connectivity index (χ4n) is 2.80. The highest BCUT2D eigenvalue weighted by atomic mass is 79.9. The minimum Gasteiger partial charge on any atom is -0.493 e. The molecule has 1 aliphatic heterocycles. The lowest BCUT2D eigenvalue weighted by molar-refractivity contribution is -0.122. The van der Waals surface area contributed by atoms with Crippen molar-refractivity contribution >= 4 is 45.5 Å². The summed E-state index contributed by atoms with van der Waals surface area (Å²) in [6.07, 6.45) is 1.38. The Morgan fingerprint density at radius 2 is 1.83 bits per heavy atom. The van der Waals surface area contributed by atoms with Crippen LogP contribution in [0.15, 0.2) is 52.5 Å². The zero-order valence-corrected chi connectivity index (χ0v) is 17.6. The van der Waals surface area contributed by atoms with E-state index in [1.54, 1.807) is 42.5 Å². The van der Waals surface area contributed by atoms with E-state index in [4.69, 9.17) is 9.47 Å². The van der Waals surface area contributed by atoms with Gasteiger partial charge in [0.15, 0.2) is 11.5 Å². The smallest absolute Gasteiger partial charge is 0.335 e. The summed E-state index contributed by atoms with van der Waals surface area (Å²) in [6.45, 7) is 3.79. The molecule has 2 aromatic carbocycles. The Kier molecular flexibility index (Phi) is 6.03. The van der Waals surface area contributed by atoms with Gasteiger partial charge in [-0.2, -0.15) is 0 Å². The van der Waals surface area contributed by atoms with E-state index >= 15 is 0 Å². The van der Waals surface area contributed by atoms with Gasteiger partial charge in [0.05, 0.1) is 18.9 Å². The quantitative estimate of drug-likeness (QED) is 0.542. The molecule has 0 bridgehead atoms. The molecule has 0 saturated carbocycles. The number of amides is 4. The van der Waals surface area contributed by atoms with Crippen LogP contribution in [-0.4, -0.2) is 31.1 Å². The molecule has 0 aromatic heterocycles. The van der Waals surface area contributed by atoms with Crippen molar-refractivity contribution in [3.63, 3.8) is 0 Å². The first kappa shape index (κ1) is 20.6. The third-order valence-corrected chi connectivity index (χ3v) is 4.52. The summed E-state index contributed by atoms with van der Waals surface area (Å²) in [4.78, 5) is 38.4. The molecule has 0 aliphatic carbocycles. The van der Waals surface area contributed by atoms with Gasteiger partial charge in [0, 0.05) is 4.47 Å². The number of ether oxygens (including phenoxy) is 2. The second-order valence-electron chi connectivity index (χ2n) is 6.51. The van der Waals surface area contributed by atoms with E-state index in [0.717, 1.165) is 4.90 Å². The first-order chi connectivity index (χ1) is 13.8. The number of hydrogen-bond acceptors (Lipinski definition) is 5. The minimum absolute atomic E-state index is 0.0384. The summed E-state index contributed by atoms with van der Waals surface area (Å²) < 4.78 is 11.7. The van der Waals surface area contributed by atoms with Crippen molar-refractivity contribution in [3.05, 3.63) is 58.1 Å². The Hall–Kier alpha value is -3.13. The summed E-state index contributed by atoms with van der Waals surface area (Å²) in [7, 11) is 1.51. The van der Waals surface area contributed by atoms with Gasteiger partial charge in [-0.3, -0.25) is 14.9 Å². The maximum absolute atomic E-state index is 12.9. The van der Waals surface area contributed by atoms with Gasteiger partial charge >= 0.3 is 6.03 Å². The van der Waals surface area contributed by atoms with Crippen LogP contribution in [0, 0.1) is 0 Å². The van der Waals surface area contributed by atoms with Gasteiger partial charge in [0.2, 0.25) is 0 Å². The number of anilines is 1. The van der Waals surface area contributed by atoms with Crippen LogP contribution in [0.1, 0.15) is 19.4 Å². The molecule has 0 radical (unpaired) electrons. The first-order valence-electron chi connectivity index (χ1n) is 8.82. The van der Waals surface area contributed by atoms with Gasteiger partial charge in [-0.05, 0) is 55.8 Å². The summed E-state index contributed by atoms with van der Waals surface area (Å²) in [6, 6.07) is 11.0. The van der Waals surface area contributed by atoms with Crippen molar-refractivity contribution in [3.8, 4) is 11.5 Å². The summed E-state index contributed by atoms with van der Waals surface area (Å²) in [5.74, 6) is -0.447. The molecule has 4 amide bonds. The Morgan fingerprint density at radius 1 is 1.07 bits per heavy atom. The number of barbiturate groups is 1. The van der Waals surface area contributed by atoms with Crippen molar-refractivity contribution < 1.29 is 23.9 Å². The number of urea groups is 1. The summed E-state index contributed by atoms with van der Waals surface area (Å²) in [5, 5.41) is 2.20. The minimum atomic E-state index is -0.798. The Balaban J connectivity index is 1.98. The van der Waals surface area contributed by atoms with Crippen molar-refractivity contribution in [1.82, 2.24) is 5.32 Å². The third kappa shape index (κ3) is 4.48. The van der Waals surface area contributed by atoms with Crippen molar-refractivity contribution in [2.75, 3.05) is 12.0 Å². The van der Waals surface area contributed by atoms with Crippen molar-refractivity contribution in [2.45, 2.75) is 20.0 Å². The second kappa shape index (κ2) is 8.48. The second-order valence-corrected chi connectivity index (χ2v) is 7.43. The number of carbonyl (C=O) groups excluding carboxylic acids is 3. The fourth-order valence-corrected chi connectivity index (χ4v) is 3.19. The molecule has 150 valence electrons. The molecule has 8 heteroatoms. The number of rotatable bonds is 5. The largest absolute Gasteiger partial charge is 0.493 e. The first-order valence-corrected chi connectivity index (χ1v) is 9.61. The molecule has 0 spiro atoms. The molecule has 2 aromatic rings. The molecule has 1 N–H and O–H groups in total. The molecule has 1 aliphatic rings. The zero-order chi connectivity index (χ0) is 21.1. The normalized spacial score (nSPS) is 15.7. The number of carbonyl (C=O) groups is 3. The lowest BCUT2D eigenvalue weighted by atomic mass is 10.1. The highest BCUT2D eigenvalue weighted by molar-refractivity contribution is 9.10. The lowest BCUT2D eigenvalue weighted by Crippen LogP contribution is -2.54. The third-order valence-electron chi connectivity index (χ3n) is 4.03. The summed E-state index contributed by atoms with van der Waals surface area (Å²) >= 11 is 3.31. The Morgan fingerprint density at radius 3 is 2.48 bits per heavy atom. The standard InChI is InChI=1S/C21H19BrN2O5/c1-12(2)29-17-8-7-13(10-18(17)28-3)9-16-19(25)23-21(27)24(20(16)26)15-6-4-5-14(22)11-15/h4-12H,1-3H3,(H,23,25,27)/b16-9+. The highest BCUT2D eigenvalue weighted by Crippen LogP contribution is 2.31. The number of nitrogens with zero attached hydrogens (tertiary/aromatic N) is 1. The van der Waals surface area contributed by atoms with Crippen LogP contribution in [-0.2, 0) is 9.59 Å². The van der Waals surface area contributed by atoms with Crippen molar-refractivity contribution in [2.24, 2.45) is 0 Å². The van der Waals surface area contributed by atoms with E-state index in [1.165, 1.54) is 13.2 Å². The van der Waals surface area contributed by atoms with Crippen LogP contribution in [0.2, 0.25) is 0 Å². The SMILES string of the molecule is COc1cc(/C=C2\C(=O)NC(=O)N(c3cccc(Br)c3)C2=O)ccc1OC(C)C. The van der Waals surface area contributed by atoms with Crippen LogP contribution in [0.3, 0.4) is 0 Å². The number of methoxy groups -OCH3 is 1. The van der Waals surface area contributed by atoms with Crippen LogP contribution in [0.5, 0.6) is 11.5 Å². The topological polar surface area (TPSA) is 84.9 Å². The van der Waals surface area contributed by atoms with Gasteiger partial charge in [0.25, 0.3) is 11.8 Å². The van der Waals surface area contributed by atoms with Gasteiger partial charge in [-0.25, -0.2) is 9.69 Å². The van der Waals surface area contributed by atoms with Crippen LogP contribution in [0.25, 0.3) is 6.08 Å². The molecule has 1 heterocycles. The molecule has 29 heavy (non-hydrogen) atoms. The van der Waals surface area contributed by atoms with Gasteiger partial charge in [-0.1, -0.05) is 28.1 Å². The van der Waals surface area contributed by atoms with E-state index < -0.39 is 17.8 Å². The van der Waals surface area contributed by atoms with Crippen LogP contribution < -0.4 is 19.7 Å². The number of halogens is 1. The molecule has 0 atom stereocenters. The van der Waals surface area contributed by atoms with Gasteiger partial charge in [-0.15, -0.1) is 0 Å². The average molecular weight is 459 g/mol. The van der Waals surface area contributed by atoms with E-state index in [2.05, 4.69) is 21.2 Å². The number of imide groups is 2. The van der Waals surface area contributed by atoms with E-state index in [1.807, 2.05) is 13.8 Å². The van der Waals surface area contributed by atoms with Gasteiger partial charge in [0.1, 0.15) is 5.57 Å². The van der Waals surface area contributed by atoms with E-state index in [9.17, 15) is 14.4 Å². The monoisotopic (exact) mass is 458 g/mol. The lowest BCUT2D eigenvalue weighted by Gasteiger charge is -2.26. The molecule has 3 rings (SSSR count). The van der Waals surface area contributed by atoms with Gasteiger partial charge < -0.3 is 9.47 Å². The van der Waals surface area contributed by atoms with E-state index in [-0.39, 0.29) is 11.7 Å². The zero-order valence-electron chi connectivity index (χ0n) is 16.1. The molecular formula is C21H19BrN2O5. The highest BCUT2D eigenvalue weighted by Gasteiger charge is 2.36. The van der Waals surface area contributed by atoms with Crippen LogP contribution in [0.4, 0.5) is 10.5 Å². The summed E-state index contributed by atoms with van der Waals surface area (Å²) in [5.41, 5.74) is 0.739. The molecular weight excluding hydrogens is 440 g/mol. The maximum atomic E-state index is 12.9. The molecule has 1 fully saturated rings. The number of nitrogens with one attached hydrogen (secondary N) is 1. The Bertz CT molecular complexity index is 1020. The fraction of sp³-hybridized carbons (Fsp3) is 0.190. The van der Waals surface area contributed by atoms with Crippen LogP contribution >= 0.6 is 15.9 Å². The number of benzene rings is 2. The number of hydrogen-bond donors (Lipinski definition) is 1. The maximum Gasteiger partial charge on any atom is 0.335 e. The Labute approximate surface area is 176 Å². The molecule has 7 nitrogen and oxygen atoms in total. The predicted molar refractivity (Wildman–Crippen MR) is 112 cm³/mol. The predicted octanol–water partition coefficient (Wildman–Crippen LogP) is 3.91. The molecule has 1 saturated heterocycles. The van der Waals surface area contributed by atoms with E-state index in [0.29, 0.717) is 27.2 Å². The average Bonchev–Trinajstić information content (AvgIpc) is 2.65. The van der Waals surface area contributed by atoms with Crippen molar-refractivity contribution in [1.29, 1.82) is 0 Å². The molecule has 0 unspecified atom stereocenters.